The van der Waals surface area contributed by atoms with E-state index >= 15 is 0 Å². The molecule has 3 aromatic rings. The quantitative estimate of drug-likeness (QED) is 0.386. The second-order valence-electron chi connectivity index (χ2n) is 6.32. The summed E-state index contributed by atoms with van der Waals surface area (Å²) in [6.45, 7) is 0.733. The summed E-state index contributed by atoms with van der Waals surface area (Å²) in [5.41, 5.74) is 2.47. The van der Waals surface area contributed by atoms with Gasteiger partial charge in [-0.1, -0.05) is 30.3 Å². The zero-order valence-corrected chi connectivity index (χ0v) is 16.3. The van der Waals surface area contributed by atoms with E-state index in [1.165, 1.54) is 25.4 Å². The van der Waals surface area contributed by atoms with E-state index in [-0.39, 0.29) is 23.1 Å². The first kappa shape index (κ1) is 20.7. The number of esters is 1. The number of pyridine rings is 1. The maximum Gasteiger partial charge on any atom is 0.339 e. The molecule has 0 radical (unpaired) electrons. The van der Waals surface area contributed by atoms with Crippen LogP contribution in [0.3, 0.4) is 0 Å². The summed E-state index contributed by atoms with van der Waals surface area (Å²) in [5.74, 6) is -1.17. The van der Waals surface area contributed by atoms with Gasteiger partial charge in [0.1, 0.15) is 5.69 Å². The Bertz CT molecular complexity index is 1020. The first-order valence-electron chi connectivity index (χ1n) is 9.30. The van der Waals surface area contributed by atoms with Crippen molar-refractivity contribution in [2.24, 2.45) is 0 Å². The van der Waals surface area contributed by atoms with Crippen molar-refractivity contribution in [2.45, 2.75) is 6.42 Å². The highest BCUT2D eigenvalue weighted by Gasteiger charge is 2.12. The Hall–Kier alpha value is -4.01. The third kappa shape index (κ3) is 5.28. The number of benzene rings is 1. The normalized spacial score (nSPS) is 10.3. The number of carbonyl (C=O) groups is 3. The molecule has 3 N–H and O–H groups in total. The van der Waals surface area contributed by atoms with Crippen molar-refractivity contribution in [3.8, 4) is 11.3 Å². The largest absolute Gasteiger partial charge is 0.465 e. The van der Waals surface area contributed by atoms with E-state index < -0.39 is 5.97 Å². The molecular weight excluding hydrogens is 386 g/mol. The Kier molecular flexibility index (Phi) is 6.88. The Labute approximate surface area is 172 Å². The third-order valence-corrected chi connectivity index (χ3v) is 4.24. The standard InChI is InChI=1S/C21H21N5O4/c1-30-21(29)15-8-9-16(24-13-15)19(27)22-10-5-11-23-20(28)18-12-17(25-26-18)14-6-3-2-4-7-14/h2-4,6-9,12-13H,5,10-11H2,1H3,(H,22,27)(H,23,28)(H,25,26). The Morgan fingerprint density at radius 3 is 2.30 bits per heavy atom. The van der Waals surface area contributed by atoms with Crippen molar-refractivity contribution in [3.05, 3.63) is 71.7 Å². The van der Waals surface area contributed by atoms with Crippen molar-refractivity contribution < 1.29 is 19.1 Å². The average Bonchev–Trinajstić information content (AvgIpc) is 3.29. The predicted octanol–water partition coefficient (Wildman–Crippen LogP) is 1.81. The molecule has 9 heteroatoms. The van der Waals surface area contributed by atoms with Gasteiger partial charge in [-0.2, -0.15) is 5.10 Å². The van der Waals surface area contributed by atoms with E-state index in [9.17, 15) is 14.4 Å². The van der Waals surface area contributed by atoms with Gasteiger partial charge >= 0.3 is 5.97 Å². The van der Waals surface area contributed by atoms with E-state index in [0.29, 0.717) is 25.2 Å². The van der Waals surface area contributed by atoms with E-state index in [2.05, 4.69) is 30.6 Å². The molecule has 0 aliphatic carbocycles. The number of aromatic nitrogens is 3. The topological polar surface area (TPSA) is 126 Å². The number of rotatable bonds is 8. The van der Waals surface area contributed by atoms with Crippen LogP contribution in [0.1, 0.15) is 37.8 Å². The van der Waals surface area contributed by atoms with Gasteiger partial charge in [-0.15, -0.1) is 0 Å². The van der Waals surface area contributed by atoms with Crippen molar-refractivity contribution in [1.29, 1.82) is 0 Å². The number of nitrogens with zero attached hydrogens (tertiary/aromatic N) is 2. The lowest BCUT2D eigenvalue weighted by Gasteiger charge is -2.06. The number of hydrogen-bond acceptors (Lipinski definition) is 6. The van der Waals surface area contributed by atoms with Crippen LogP contribution in [0.4, 0.5) is 0 Å². The summed E-state index contributed by atoms with van der Waals surface area (Å²) in [6, 6.07) is 14.2. The number of nitrogens with one attached hydrogen (secondary N) is 3. The summed E-state index contributed by atoms with van der Waals surface area (Å²) in [6.07, 6.45) is 1.82. The highest BCUT2D eigenvalue weighted by atomic mass is 16.5. The molecule has 0 aliphatic heterocycles. The molecule has 2 aromatic heterocycles. The fourth-order valence-electron chi connectivity index (χ4n) is 2.64. The van der Waals surface area contributed by atoms with Crippen LogP contribution in [0.2, 0.25) is 0 Å². The maximum absolute atomic E-state index is 12.2. The number of aromatic amines is 1. The molecule has 154 valence electrons. The molecule has 0 spiro atoms. The first-order chi connectivity index (χ1) is 14.6. The minimum absolute atomic E-state index is 0.191. The summed E-state index contributed by atoms with van der Waals surface area (Å²) < 4.78 is 4.58. The first-order valence-corrected chi connectivity index (χ1v) is 9.30. The number of methoxy groups -OCH3 is 1. The molecule has 0 atom stereocenters. The maximum atomic E-state index is 12.2. The summed E-state index contributed by atoms with van der Waals surface area (Å²) in [4.78, 5) is 39.6. The predicted molar refractivity (Wildman–Crippen MR) is 109 cm³/mol. The van der Waals surface area contributed by atoms with E-state index in [0.717, 1.165) is 11.3 Å². The monoisotopic (exact) mass is 407 g/mol. The van der Waals surface area contributed by atoms with Gasteiger partial charge in [0, 0.05) is 19.3 Å². The molecule has 2 amide bonds. The van der Waals surface area contributed by atoms with Gasteiger partial charge in [0.15, 0.2) is 5.69 Å². The number of hydrogen-bond donors (Lipinski definition) is 3. The fraction of sp³-hybridized carbons (Fsp3) is 0.190. The third-order valence-electron chi connectivity index (χ3n) is 4.24. The summed E-state index contributed by atoms with van der Waals surface area (Å²) in [7, 11) is 1.27. The summed E-state index contributed by atoms with van der Waals surface area (Å²) in [5, 5.41) is 12.4. The molecule has 0 saturated carbocycles. The van der Waals surface area contributed by atoms with Crippen LogP contribution < -0.4 is 10.6 Å². The molecular formula is C21H21N5O4. The molecule has 0 saturated heterocycles. The smallest absolute Gasteiger partial charge is 0.339 e. The molecule has 1 aromatic carbocycles. The summed E-state index contributed by atoms with van der Waals surface area (Å²) >= 11 is 0. The Balaban J connectivity index is 1.40. The molecule has 0 fully saturated rings. The van der Waals surface area contributed by atoms with Gasteiger partial charge in [0.05, 0.1) is 18.4 Å². The van der Waals surface area contributed by atoms with E-state index in [1.807, 2.05) is 30.3 Å². The average molecular weight is 407 g/mol. The van der Waals surface area contributed by atoms with Crippen molar-refractivity contribution in [3.63, 3.8) is 0 Å². The number of ether oxygens (including phenoxy) is 1. The van der Waals surface area contributed by atoms with Crippen LogP contribution >= 0.6 is 0 Å². The molecule has 0 unspecified atom stereocenters. The van der Waals surface area contributed by atoms with Crippen LogP contribution in [0.15, 0.2) is 54.7 Å². The molecule has 9 nitrogen and oxygen atoms in total. The number of carbonyl (C=O) groups excluding carboxylic acids is 3. The lowest BCUT2D eigenvalue weighted by atomic mass is 10.1. The zero-order chi connectivity index (χ0) is 21.3. The van der Waals surface area contributed by atoms with Crippen LogP contribution in [0.5, 0.6) is 0 Å². The van der Waals surface area contributed by atoms with Crippen molar-refractivity contribution >= 4 is 17.8 Å². The van der Waals surface area contributed by atoms with Gasteiger partial charge in [-0.3, -0.25) is 19.7 Å². The second kappa shape index (κ2) is 9.97. The van der Waals surface area contributed by atoms with Crippen molar-refractivity contribution in [2.75, 3.05) is 20.2 Å². The Morgan fingerprint density at radius 2 is 1.67 bits per heavy atom. The van der Waals surface area contributed by atoms with E-state index in [1.54, 1.807) is 6.07 Å². The second-order valence-corrected chi connectivity index (χ2v) is 6.32. The zero-order valence-electron chi connectivity index (χ0n) is 16.3. The van der Waals surface area contributed by atoms with E-state index in [4.69, 9.17) is 0 Å². The molecule has 30 heavy (non-hydrogen) atoms. The highest BCUT2D eigenvalue weighted by Crippen LogP contribution is 2.16. The minimum Gasteiger partial charge on any atom is -0.465 e. The fourth-order valence-corrected chi connectivity index (χ4v) is 2.64. The molecule has 3 rings (SSSR count). The van der Waals surface area contributed by atoms with Gasteiger partial charge in [0.2, 0.25) is 0 Å². The lowest BCUT2D eigenvalue weighted by Crippen LogP contribution is -2.30. The van der Waals surface area contributed by atoms with Gasteiger partial charge < -0.3 is 15.4 Å². The van der Waals surface area contributed by atoms with Crippen LogP contribution in [0.25, 0.3) is 11.3 Å². The van der Waals surface area contributed by atoms with Gasteiger partial charge in [0.25, 0.3) is 11.8 Å². The minimum atomic E-state index is -0.516. The molecule has 2 heterocycles. The van der Waals surface area contributed by atoms with Gasteiger partial charge in [-0.25, -0.2) is 4.79 Å². The number of H-pyrrole nitrogens is 1. The lowest BCUT2D eigenvalue weighted by molar-refractivity contribution is 0.0599. The van der Waals surface area contributed by atoms with Crippen LogP contribution in [-0.4, -0.2) is 53.2 Å². The van der Waals surface area contributed by atoms with Crippen LogP contribution in [-0.2, 0) is 4.74 Å². The highest BCUT2D eigenvalue weighted by molar-refractivity contribution is 5.94. The Morgan fingerprint density at radius 1 is 0.967 bits per heavy atom. The SMILES string of the molecule is COC(=O)c1ccc(C(=O)NCCCNC(=O)c2cc(-c3ccccc3)[nH]n2)nc1. The number of amides is 2. The van der Waals surface area contributed by atoms with Gasteiger partial charge in [-0.05, 0) is 30.2 Å². The van der Waals surface area contributed by atoms with Crippen molar-refractivity contribution in [1.82, 2.24) is 25.8 Å². The molecule has 0 aliphatic rings. The molecule has 0 bridgehead atoms. The van der Waals surface area contributed by atoms with Crippen LogP contribution in [0, 0.1) is 0 Å².